The van der Waals surface area contributed by atoms with Gasteiger partial charge in [0.25, 0.3) is 5.91 Å². The number of hydrogen-bond donors (Lipinski definition) is 2. The highest BCUT2D eigenvalue weighted by Gasteiger charge is 2.40. The van der Waals surface area contributed by atoms with Crippen LogP contribution >= 0.6 is 0 Å². The molecule has 0 heterocycles. The van der Waals surface area contributed by atoms with E-state index in [2.05, 4.69) is 10.6 Å². The first kappa shape index (κ1) is 13.6. The molecule has 0 aliphatic rings. The number of alkyl halides is 2. The molecular formula is C12H16F2N2O. The molecule has 1 aromatic rings. The van der Waals surface area contributed by atoms with Gasteiger partial charge in [-0.15, -0.1) is 0 Å². The van der Waals surface area contributed by atoms with Crippen molar-refractivity contribution in [2.75, 3.05) is 19.6 Å². The van der Waals surface area contributed by atoms with E-state index in [-0.39, 0.29) is 12.1 Å². The lowest BCUT2D eigenvalue weighted by Crippen LogP contribution is -2.41. The van der Waals surface area contributed by atoms with E-state index < -0.39 is 11.8 Å². The van der Waals surface area contributed by atoms with Gasteiger partial charge in [0.1, 0.15) is 0 Å². The van der Waals surface area contributed by atoms with E-state index in [9.17, 15) is 13.6 Å². The third-order valence-electron chi connectivity index (χ3n) is 2.26. The Morgan fingerprint density at radius 2 is 1.88 bits per heavy atom. The fourth-order valence-corrected chi connectivity index (χ4v) is 1.33. The fourth-order valence-electron chi connectivity index (χ4n) is 1.33. The van der Waals surface area contributed by atoms with Crippen molar-refractivity contribution in [3.63, 3.8) is 0 Å². The molecule has 0 fully saturated rings. The Morgan fingerprint density at radius 3 is 2.47 bits per heavy atom. The zero-order valence-corrected chi connectivity index (χ0v) is 9.67. The number of hydrogen-bond acceptors (Lipinski definition) is 2. The van der Waals surface area contributed by atoms with Crippen LogP contribution < -0.4 is 10.6 Å². The maximum Gasteiger partial charge on any atom is 0.349 e. The molecule has 2 N–H and O–H groups in total. The predicted molar refractivity (Wildman–Crippen MR) is 61.9 cm³/mol. The molecule has 0 bridgehead atoms. The number of likely N-dealkylation sites (N-methyl/N-ethyl adjacent to an activating group) is 1. The quantitative estimate of drug-likeness (QED) is 0.742. The predicted octanol–water partition coefficient (Wildman–Crippen LogP) is 1.50. The molecule has 17 heavy (non-hydrogen) atoms. The largest absolute Gasteiger partial charge is 0.349 e. The van der Waals surface area contributed by atoms with E-state index in [1.165, 1.54) is 24.3 Å². The van der Waals surface area contributed by atoms with Crippen LogP contribution in [0.5, 0.6) is 0 Å². The lowest BCUT2D eigenvalue weighted by atomic mass is 10.1. The number of carbonyl (C=O) groups is 1. The van der Waals surface area contributed by atoms with Gasteiger partial charge in [-0.05, 0) is 6.54 Å². The molecule has 0 spiro atoms. The smallest absolute Gasteiger partial charge is 0.349 e. The third kappa shape index (κ3) is 3.78. The van der Waals surface area contributed by atoms with Crippen LogP contribution in [0, 0.1) is 0 Å². The van der Waals surface area contributed by atoms with Crippen LogP contribution in [0.1, 0.15) is 12.5 Å². The first-order valence-electron chi connectivity index (χ1n) is 5.51. The maximum absolute atomic E-state index is 13.6. The SMILES string of the molecule is CCNCCNC(=O)C(F)(F)c1ccccc1. The van der Waals surface area contributed by atoms with Crippen LogP contribution in [0.3, 0.4) is 0 Å². The molecule has 1 aromatic carbocycles. The van der Waals surface area contributed by atoms with E-state index >= 15 is 0 Å². The summed E-state index contributed by atoms with van der Waals surface area (Å²) >= 11 is 0. The topological polar surface area (TPSA) is 41.1 Å². The first-order chi connectivity index (χ1) is 8.09. The van der Waals surface area contributed by atoms with Crippen molar-refractivity contribution in [3.8, 4) is 0 Å². The molecule has 0 aliphatic carbocycles. The molecule has 0 aromatic heterocycles. The van der Waals surface area contributed by atoms with Crippen molar-refractivity contribution < 1.29 is 13.6 Å². The second-order valence-electron chi connectivity index (χ2n) is 3.55. The average molecular weight is 242 g/mol. The average Bonchev–Trinajstić information content (AvgIpc) is 2.35. The van der Waals surface area contributed by atoms with Crippen molar-refractivity contribution in [1.29, 1.82) is 0 Å². The van der Waals surface area contributed by atoms with Crippen LogP contribution in [0.15, 0.2) is 30.3 Å². The molecule has 1 amide bonds. The lowest BCUT2D eigenvalue weighted by molar-refractivity contribution is -0.146. The molecule has 0 saturated carbocycles. The Morgan fingerprint density at radius 1 is 1.24 bits per heavy atom. The van der Waals surface area contributed by atoms with Crippen LogP contribution in [0.4, 0.5) is 8.78 Å². The summed E-state index contributed by atoms with van der Waals surface area (Å²) in [7, 11) is 0. The number of halogens is 2. The summed E-state index contributed by atoms with van der Waals surface area (Å²) in [6, 6.07) is 7.07. The highest BCUT2D eigenvalue weighted by atomic mass is 19.3. The minimum atomic E-state index is -3.48. The Labute approximate surface area is 99.2 Å². The van der Waals surface area contributed by atoms with Crippen molar-refractivity contribution in [2.45, 2.75) is 12.8 Å². The summed E-state index contributed by atoms with van der Waals surface area (Å²) in [5, 5.41) is 5.14. The summed E-state index contributed by atoms with van der Waals surface area (Å²) < 4.78 is 27.3. The maximum atomic E-state index is 13.6. The van der Waals surface area contributed by atoms with Crippen LogP contribution in [0.2, 0.25) is 0 Å². The van der Waals surface area contributed by atoms with Gasteiger partial charge < -0.3 is 10.6 Å². The number of nitrogens with one attached hydrogen (secondary N) is 2. The van der Waals surface area contributed by atoms with Crippen molar-refractivity contribution >= 4 is 5.91 Å². The van der Waals surface area contributed by atoms with Crippen molar-refractivity contribution in [3.05, 3.63) is 35.9 Å². The second-order valence-corrected chi connectivity index (χ2v) is 3.55. The highest BCUT2D eigenvalue weighted by molar-refractivity contribution is 5.84. The Kier molecular flexibility index (Phi) is 5.03. The molecule has 0 aliphatic heterocycles. The molecule has 0 saturated heterocycles. The van der Waals surface area contributed by atoms with Gasteiger partial charge in [0.15, 0.2) is 0 Å². The first-order valence-corrected chi connectivity index (χ1v) is 5.51. The molecule has 0 unspecified atom stereocenters. The van der Waals surface area contributed by atoms with E-state index in [0.717, 1.165) is 6.54 Å². The summed E-state index contributed by atoms with van der Waals surface area (Å²) in [6.07, 6.45) is 0. The van der Waals surface area contributed by atoms with Gasteiger partial charge in [-0.2, -0.15) is 8.78 Å². The van der Waals surface area contributed by atoms with Crippen LogP contribution in [-0.2, 0) is 10.7 Å². The monoisotopic (exact) mass is 242 g/mol. The van der Waals surface area contributed by atoms with Gasteiger partial charge in [0.2, 0.25) is 0 Å². The Bertz CT molecular complexity index is 355. The van der Waals surface area contributed by atoms with Gasteiger partial charge in [0.05, 0.1) is 0 Å². The van der Waals surface area contributed by atoms with Gasteiger partial charge in [-0.1, -0.05) is 37.3 Å². The summed E-state index contributed by atoms with van der Waals surface area (Å²) in [4.78, 5) is 11.3. The molecule has 3 nitrogen and oxygen atoms in total. The van der Waals surface area contributed by atoms with Gasteiger partial charge in [0, 0.05) is 18.7 Å². The molecule has 0 radical (unpaired) electrons. The Hall–Kier alpha value is -1.49. The Balaban J connectivity index is 2.55. The lowest BCUT2D eigenvalue weighted by Gasteiger charge is -2.16. The van der Waals surface area contributed by atoms with Gasteiger partial charge >= 0.3 is 5.92 Å². The van der Waals surface area contributed by atoms with Gasteiger partial charge in [-0.3, -0.25) is 4.79 Å². The fraction of sp³-hybridized carbons (Fsp3) is 0.417. The second kappa shape index (κ2) is 6.30. The molecular weight excluding hydrogens is 226 g/mol. The number of rotatable bonds is 6. The van der Waals surface area contributed by atoms with Crippen molar-refractivity contribution in [2.24, 2.45) is 0 Å². The minimum Gasteiger partial charge on any atom is -0.349 e. The zero-order chi connectivity index (χ0) is 12.7. The third-order valence-corrected chi connectivity index (χ3v) is 2.26. The zero-order valence-electron chi connectivity index (χ0n) is 9.67. The number of carbonyl (C=O) groups excluding carboxylic acids is 1. The minimum absolute atomic E-state index is 0.190. The standard InChI is InChI=1S/C12H16F2N2O/c1-2-15-8-9-16-11(17)12(13,14)10-6-4-3-5-7-10/h3-7,15H,2,8-9H2,1H3,(H,16,17). The highest BCUT2D eigenvalue weighted by Crippen LogP contribution is 2.27. The molecule has 0 atom stereocenters. The molecule has 5 heteroatoms. The number of amides is 1. The van der Waals surface area contributed by atoms with E-state index in [1.54, 1.807) is 6.07 Å². The van der Waals surface area contributed by atoms with E-state index in [1.807, 2.05) is 6.92 Å². The number of benzene rings is 1. The summed E-state index contributed by atoms with van der Waals surface area (Å²) in [6.45, 7) is 3.31. The van der Waals surface area contributed by atoms with E-state index in [0.29, 0.717) is 6.54 Å². The normalized spacial score (nSPS) is 11.2. The van der Waals surface area contributed by atoms with Crippen LogP contribution in [-0.4, -0.2) is 25.5 Å². The summed E-state index contributed by atoms with van der Waals surface area (Å²) in [5.41, 5.74) is -0.291. The van der Waals surface area contributed by atoms with Crippen LogP contribution in [0.25, 0.3) is 0 Å². The summed E-state index contributed by atoms with van der Waals surface area (Å²) in [5.74, 6) is -4.74. The van der Waals surface area contributed by atoms with E-state index in [4.69, 9.17) is 0 Å². The van der Waals surface area contributed by atoms with Crippen molar-refractivity contribution in [1.82, 2.24) is 10.6 Å². The molecule has 94 valence electrons. The van der Waals surface area contributed by atoms with Gasteiger partial charge in [-0.25, -0.2) is 0 Å². The molecule has 1 rings (SSSR count).